The largest absolute Gasteiger partial charge is 0.503 e. The molecule has 5 nitrogen and oxygen atoms in total. The van der Waals surface area contributed by atoms with Crippen molar-refractivity contribution in [3.05, 3.63) is 112 Å². The SMILES string of the molecule is COc1cccc(C2C(C(=O)CCc3ccccc3)=C(O)C(=O)N2Cc2cccc(C(F)(F)F)c2)c1. The third-order valence-corrected chi connectivity index (χ3v) is 6.10. The fraction of sp³-hybridized carbons (Fsp3) is 0.214. The topological polar surface area (TPSA) is 66.8 Å². The van der Waals surface area contributed by atoms with Crippen LogP contribution in [0.2, 0.25) is 0 Å². The zero-order valence-electron chi connectivity index (χ0n) is 19.5. The van der Waals surface area contributed by atoms with Crippen molar-refractivity contribution < 1.29 is 32.6 Å². The van der Waals surface area contributed by atoms with Gasteiger partial charge in [-0.3, -0.25) is 9.59 Å². The Bertz CT molecular complexity index is 1300. The molecule has 1 N–H and O–H groups in total. The molecule has 3 aromatic carbocycles. The molecule has 8 heteroatoms. The van der Waals surface area contributed by atoms with Gasteiger partial charge in [0.15, 0.2) is 11.5 Å². The molecular weight excluding hydrogens is 471 g/mol. The summed E-state index contributed by atoms with van der Waals surface area (Å²) in [6.45, 7) is -0.232. The maximum Gasteiger partial charge on any atom is 0.416 e. The third-order valence-electron chi connectivity index (χ3n) is 6.10. The second kappa shape index (κ2) is 10.3. The summed E-state index contributed by atoms with van der Waals surface area (Å²) in [5.74, 6) is -1.44. The number of aliphatic hydroxyl groups excluding tert-OH is 1. The number of aryl methyl sites for hydroxylation is 1. The first-order valence-corrected chi connectivity index (χ1v) is 11.3. The van der Waals surface area contributed by atoms with Gasteiger partial charge in [-0.2, -0.15) is 13.2 Å². The fourth-order valence-electron chi connectivity index (χ4n) is 4.34. The molecule has 1 aliphatic heterocycles. The van der Waals surface area contributed by atoms with Gasteiger partial charge in [-0.1, -0.05) is 54.6 Å². The van der Waals surface area contributed by atoms with E-state index in [1.807, 2.05) is 30.3 Å². The molecule has 0 saturated heterocycles. The Labute approximate surface area is 206 Å². The highest BCUT2D eigenvalue weighted by atomic mass is 19.4. The zero-order valence-corrected chi connectivity index (χ0v) is 19.5. The first kappa shape index (κ1) is 25.0. The summed E-state index contributed by atoms with van der Waals surface area (Å²) in [7, 11) is 1.47. The Morgan fingerprint density at radius 1 is 0.972 bits per heavy atom. The minimum atomic E-state index is -4.55. The monoisotopic (exact) mass is 495 g/mol. The van der Waals surface area contributed by atoms with Crippen LogP contribution in [0.15, 0.2) is 90.2 Å². The van der Waals surface area contributed by atoms with Crippen LogP contribution in [0.25, 0.3) is 0 Å². The predicted octanol–water partition coefficient (Wildman–Crippen LogP) is 5.81. The summed E-state index contributed by atoms with van der Waals surface area (Å²) in [4.78, 5) is 27.7. The highest BCUT2D eigenvalue weighted by molar-refractivity contribution is 6.09. The second-order valence-electron chi connectivity index (χ2n) is 8.48. The molecule has 0 fully saturated rings. The van der Waals surface area contributed by atoms with E-state index in [2.05, 4.69) is 0 Å². The van der Waals surface area contributed by atoms with E-state index in [0.29, 0.717) is 17.7 Å². The lowest BCUT2D eigenvalue weighted by Crippen LogP contribution is -2.31. The number of nitrogens with zero attached hydrogens (tertiary/aromatic N) is 1. The lowest BCUT2D eigenvalue weighted by Gasteiger charge is -2.27. The first-order valence-electron chi connectivity index (χ1n) is 11.3. The second-order valence-corrected chi connectivity index (χ2v) is 8.48. The standard InChI is InChI=1S/C28H24F3NO4/c1-36-22-12-6-10-20(16-22)25-24(23(33)14-13-18-7-3-2-4-8-18)26(34)27(35)32(25)17-19-9-5-11-21(15-19)28(29,30)31/h2-12,15-16,25,34H,13-14,17H2,1H3. The molecule has 3 aromatic rings. The number of aliphatic hydroxyl groups is 1. The van der Waals surface area contributed by atoms with Gasteiger partial charge < -0.3 is 14.7 Å². The number of benzene rings is 3. The lowest BCUT2D eigenvalue weighted by atomic mass is 9.93. The van der Waals surface area contributed by atoms with Gasteiger partial charge in [0, 0.05) is 13.0 Å². The van der Waals surface area contributed by atoms with Gasteiger partial charge in [0.2, 0.25) is 0 Å². The average molecular weight is 495 g/mol. The Kier molecular flexibility index (Phi) is 7.15. The fourth-order valence-corrected chi connectivity index (χ4v) is 4.34. The molecule has 1 amide bonds. The Balaban J connectivity index is 1.69. The maximum atomic E-state index is 13.3. The molecule has 0 aromatic heterocycles. The van der Waals surface area contributed by atoms with E-state index < -0.39 is 35.2 Å². The summed E-state index contributed by atoms with van der Waals surface area (Å²) in [6.07, 6.45) is -4.09. The van der Waals surface area contributed by atoms with E-state index in [1.165, 1.54) is 24.1 Å². The molecule has 1 atom stereocenters. The van der Waals surface area contributed by atoms with Crippen LogP contribution in [0.4, 0.5) is 13.2 Å². The van der Waals surface area contributed by atoms with Gasteiger partial charge in [-0.05, 0) is 47.4 Å². The van der Waals surface area contributed by atoms with Gasteiger partial charge >= 0.3 is 6.18 Å². The predicted molar refractivity (Wildman–Crippen MR) is 127 cm³/mol. The smallest absolute Gasteiger partial charge is 0.416 e. The molecule has 0 spiro atoms. The van der Waals surface area contributed by atoms with Crippen molar-refractivity contribution in [1.82, 2.24) is 4.90 Å². The van der Waals surface area contributed by atoms with Crippen LogP contribution in [-0.2, 0) is 28.7 Å². The van der Waals surface area contributed by atoms with Gasteiger partial charge in [-0.15, -0.1) is 0 Å². The Morgan fingerprint density at radius 3 is 2.36 bits per heavy atom. The number of ketones is 1. The van der Waals surface area contributed by atoms with Crippen LogP contribution < -0.4 is 4.74 Å². The molecule has 0 bridgehead atoms. The van der Waals surface area contributed by atoms with Crippen LogP contribution in [0.5, 0.6) is 5.75 Å². The highest BCUT2D eigenvalue weighted by Gasteiger charge is 2.43. The Hall–Kier alpha value is -4.07. The summed E-state index contributed by atoms with van der Waals surface area (Å²) in [6, 6.07) is 19.7. The van der Waals surface area contributed by atoms with Gasteiger partial charge in [-0.25, -0.2) is 0 Å². The number of carbonyl (C=O) groups excluding carboxylic acids is 2. The van der Waals surface area contributed by atoms with Crippen molar-refractivity contribution in [3.8, 4) is 5.75 Å². The Morgan fingerprint density at radius 2 is 1.67 bits per heavy atom. The van der Waals surface area contributed by atoms with Crippen LogP contribution >= 0.6 is 0 Å². The van der Waals surface area contributed by atoms with Crippen molar-refractivity contribution in [2.75, 3.05) is 7.11 Å². The van der Waals surface area contributed by atoms with E-state index in [9.17, 15) is 27.9 Å². The number of rotatable bonds is 8. The number of ether oxygens (including phenoxy) is 1. The van der Waals surface area contributed by atoms with Crippen molar-refractivity contribution in [2.24, 2.45) is 0 Å². The molecule has 0 radical (unpaired) electrons. The number of carbonyl (C=O) groups is 2. The number of amides is 1. The number of Topliss-reactive ketones (excluding diaryl/α,β-unsaturated/α-hetero) is 1. The van der Waals surface area contributed by atoms with Crippen LogP contribution in [0.1, 0.15) is 34.7 Å². The molecule has 1 heterocycles. The molecule has 4 rings (SSSR count). The molecule has 186 valence electrons. The zero-order chi connectivity index (χ0) is 25.9. The van der Waals surface area contributed by atoms with Gasteiger partial charge in [0.1, 0.15) is 5.75 Å². The van der Waals surface area contributed by atoms with Crippen molar-refractivity contribution >= 4 is 11.7 Å². The van der Waals surface area contributed by atoms with E-state index in [1.54, 1.807) is 24.3 Å². The average Bonchev–Trinajstić information content (AvgIpc) is 3.12. The van der Waals surface area contributed by atoms with Crippen LogP contribution in [0, 0.1) is 0 Å². The molecule has 1 aliphatic rings. The highest BCUT2D eigenvalue weighted by Crippen LogP contribution is 2.40. The molecule has 1 unspecified atom stereocenters. The van der Waals surface area contributed by atoms with E-state index in [-0.39, 0.29) is 24.1 Å². The summed E-state index contributed by atoms with van der Waals surface area (Å²) in [5, 5.41) is 10.8. The third kappa shape index (κ3) is 5.27. The summed E-state index contributed by atoms with van der Waals surface area (Å²) >= 11 is 0. The van der Waals surface area contributed by atoms with Crippen molar-refractivity contribution in [1.29, 1.82) is 0 Å². The minimum absolute atomic E-state index is 0.0502. The van der Waals surface area contributed by atoms with E-state index in [4.69, 9.17) is 4.74 Å². The van der Waals surface area contributed by atoms with Crippen molar-refractivity contribution in [3.63, 3.8) is 0 Å². The minimum Gasteiger partial charge on any atom is -0.503 e. The molecule has 36 heavy (non-hydrogen) atoms. The number of methoxy groups -OCH3 is 1. The van der Waals surface area contributed by atoms with E-state index >= 15 is 0 Å². The van der Waals surface area contributed by atoms with Crippen LogP contribution in [-0.4, -0.2) is 28.8 Å². The quantitative estimate of drug-likeness (QED) is 0.428. The molecule has 0 aliphatic carbocycles. The number of alkyl halides is 3. The van der Waals surface area contributed by atoms with Gasteiger partial charge in [0.25, 0.3) is 5.91 Å². The lowest BCUT2D eigenvalue weighted by molar-refractivity contribution is -0.137. The maximum absolute atomic E-state index is 13.3. The van der Waals surface area contributed by atoms with E-state index in [0.717, 1.165) is 17.7 Å². The molecule has 0 saturated carbocycles. The molecular formula is C28H24F3NO4. The number of hydrogen-bond donors (Lipinski definition) is 1. The van der Waals surface area contributed by atoms with Crippen LogP contribution in [0.3, 0.4) is 0 Å². The summed E-state index contributed by atoms with van der Waals surface area (Å²) < 4.78 is 45.0. The van der Waals surface area contributed by atoms with Crippen molar-refractivity contribution in [2.45, 2.75) is 31.6 Å². The number of hydrogen-bond acceptors (Lipinski definition) is 4. The first-order chi connectivity index (χ1) is 17.2. The van der Waals surface area contributed by atoms with Gasteiger partial charge in [0.05, 0.1) is 24.3 Å². The normalized spacial score (nSPS) is 15.9. The number of halogens is 3. The summed E-state index contributed by atoms with van der Waals surface area (Å²) in [5.41, 5.74) is 0.727.